The highest BCUT2D eigenvalue weighted by molar-refractivity contribution is 6.32. The van der Waals surface area contributed by atoms with E-state index in [4.69, 9.17) is 21.6 Å². The first kappa shape index (κ1) is 10.7. The van der Waals surface area contributed by atoms with Gasteiger partial charge in [-0.1, -0.05) is 11.6 Å². The number of hydrogen-bond donors (Lipinski definition) is 0. The molecule has 0 saturated carbocycles. The van der Waals surface area contributed by atoms with Crippen LogP contribution in [-0.4, -0.2) is 12.1 Å². The molecule has 4 heteroatoms. The van der Waals surface area contributed by atoms with Gasteiger partial charge in [-0.2, -0.15) is 5.26 Å². The second kappa shape index (κ2) is 3.99. The molecule has 0 aliphatic heterocycles. The van der Waals surface area contributed by atoms with Crippen LogP contribution in [0.2, 0.25) is 5.02 Å². The summed E-state index contributed by atoms with van der Waals surface area (Å²) in [6.07, 6.45) is 0. The van der Waals surface area contributed by atoms with Crippen molar-refractivity contribution >= 4 is 22.5 Å². The summed E-state index contributed by atoms with van der Waals surface area (Å²) >= 11 is 6.01. The number of rotatable bonds is 1. The van der Waals surface area contributed by atoms with Crippen LogP contribution in [0.5, 0.6) is 5.88 Å². The van der Waals surface area contributed by atoms with Crippen LogP contribution in [0.3, 0.4) is 0 Å². The van der Waals surface area contributed by atoms with Crippen LogP contribution in [0.25, 0.3) is 10.9 Å². The summed E-state index contributed by atoms with van der Waals surface area (Å²) in [7, 11) is 1.49. The summed E-state index contributed by atoms with van der Waals surface area (Å²) in [6, 6.07) is 7.49. The number of ether oxygens (including phenoxy) is 1. The van der Waals surface area contributed by atoms with Gasteiger partial charge in [0.1, 0.15) is 11.6 Å². The first-order valence-corrected chi connectivity index (χ1v) is 5.08. The molecule has 0 aliphatic rings. The fourth-order valence-corrected chi connectivity index (χ4v) is 1.69. The molecule has 0 amide bonds. The monoisotopic (exact) mass is 232 g/mol. The Labute approximate surface area is 98.2 Å². The Morgan fingerprint density at radius 1 is 1.38 bits per heavy atom. The zero-order chi connectivity index (χ0) is 11.7. The first-order chi connectivity index (χ1) is 7.65. The molecule has 0 unspecified atom stereocenters. The molecule has 0 saturated heterocycles. The molecule has 2 aromatic rings. The Hall–Kier alpha value is -1.79. The van der Waals surface area contributed by atoms with Crippen molar-refractivity contribution in [3.8, 4) is 11.9 Å². The standard InChI is InChI=1S/C12H9ClN2O/c1-7-3-8-4-9(6-14)12(16-2)15-11(8)5-10(7)13/h3-5H,1-2H3. The van der Waals surface area contributed by atoms with Gasteiger partial charge in [-0.05, 0) is 30.7 Å². The van der Waals surface area contributed by atoms with Crippen LogP contribution < -0.4 is 4.74 Å². The molecule has 1 aromatic carbocycles. The van der Waals surface area contributed by atoms with Crippen LogP contribution in [0.15, 0.2) is 18.2 Å². The third kappa shape index (κ3) is 1.68. The zero-order valence-corrected chi connectivity index (χ0v) is 9.67. The second-order valence-electron chi connectivity index (χ2n) is 3.45. The molecule has 0 N–H and O–H groups in total. The number of nitrogens with zero attached hydrogens (tertiary/aromatic N) is 2. The van der Waals surface area contributed by atoms with Crippen molar-refractivity contribution in [3.05, 3.63) is 34.3 Å². The van der Waals surface area contributed by atoms with E-state index in [-0.39, 0.29) is 0 Å². The minimum Gasteiger partial charge on any atom is -0.480 e. The lowest BCUT2D eigenvalue weighted by molar-refractivity contribution is 0.398. The number of benzene rings is 1. The highest BCUT2D eigenvalue weighted by atomic mass is 35.5. The lowest BCUT2D eigenvalue weighted by Gasteiger charge is -2.05. The van der Waals surface area contributed by atoms with Crippen molar-refractivity contribution in [1.29, 1.82) is 5.26 Å². The van der Waals surface area contributed by atoms with E-state index in [2.05, 4.69) is 11.1 Å². The molecule has 0 atom stereocenters. The molecule has 16 heavy (non-hydrogen) atoms. The topological polar surface area (TPSA) is 45.9 Å². The number of nitriles is 1. The molecule has 0 spiro atoms. The average molecular weight is 233 g/mol. The third-order valence-corrected chi connectivity index (χ3v) is 2.78. The second-order valence-corrected chi connectivity index (χ2v) is 3.86. The van der Waals surface area contributed by atoms with Gasteiger partial charge < -0.3 is 4.74 Å². The highest BCUT2D eigenvalue weighted by Gasteiger charge is 2.08. The minimum atomic E-state index is 0.329. The van der Waals surface area contributed by atoms with Crippen LogP contribution in [0.1, 0.15) is 11.1 Å². The van der Waals surface area contributed by atoms with Gasteiger partial charge >= 0.3 is 0 Å². The third-order valence-electron chi connectivity index (χ3n) is 2.37. The number of methoxy groups -OCH3 is 1. The Morgan fingerprint density at radius 2 is 2.12 bits per heavy atom. The molecule has 0 radical (unpaired) electrons. The summed E-state index contributed by atoms with van der Waals surface area (Å²) in [4.78, 5) is 4.24. The fourth-order valence-electron chi connectivity index (χ4n) is 1.53. The van der Waals surface area contributed by atoms with Gasteiger partial charge in [0, 0.05) is 10.4 Å². The lowest BCUT2D eigenvalue weighted by atomic mass is 10.1. The number of hydrogen-bond acceptors (Lipinski definition) is 3. The maximum atomic E-state index is 8.94. The number of halogens is 1. The Morgan fingerprint density at radius 3 is 2.75 bits per heavy atom. The Bertz CT molecular complexity index is 602. The average Bonchev–Trinajstić information content (AvgIpc) is 2.29. The molecule has 0 bridgehead atoms. The fraction of sp³-hybridized carbons (Fsp3) is 0.167. The van der Waals surface area contributed by atoms with Crippen molar-refractivity contribution < 1.29 is 4.74 Å². The van der Waals surface area contributed by atoms with Gasteiger partial charge in [0.05, 0.1) is 12.6 Å². The van der Waals surface area contributed by atoms with Crippen molar-refractivity contribution in [3.63, 3.8) is 0 Å². The maximum Gasteiger partial charge on any atom is 0.231 e. The van der Waals surface area contributed by atoms with Gasteiger partial charge in [-0.3, -0.25) is 0 Å². The SMILES string of the molecule is COc1nc2cc(Cl)c(C)cc2cc1C#N. The van der Waals surface area contributed by atoms with Gasteiger partial charge in [-0.25, -0.2) is 4.98 Å². The van der Waals surface area contributed by atoms with Gasteiger partial charge in [-0.15, -0.1) is 0 Å². The molecule has 1 aromatic heterocycles. The van der Waals surface area contributed by atoms with E-state index in [1.165, 1.54) is 7.11 Å². The van der Waals surface area contributed by atoms with Gasteiger partial charge in [0.15, 0.2) is 0 Å². The largest absolute Gasteiger partial charge is 0.480 e. The number of pyridine rings is 1. The number of aromatic nitrogens is 1. The summed E-state index contributed by atoms with van der Waals surface area (Å²) in [5, 5.41) is 10.5. The van der Waals surface area contributed by atoms with E-state index >= 15 is 0 Å². The van der Waals surface area contributed by atoms with Crippen LogP contribution >= 0.6 is 11.6 Å². The Kier molecular flexibility index (Phi) is 2.67. The molecular weight excluding hydrogens is 224 g/mol. The Balaban J connectivity index is 2.80. The number of fused-ring (bicyclic) bond motifs is 1. The molecule has 0 fully saturated rings. The predicted molar refractivity (Wildman–Crippen MR) is 62.8 cm³/mol. The van der Waals surface area contributed by atoms with Crippen molar-refractivity contribution in [2.24, 2.45) is 0 Å². The smallest absolute Gasteiger partial charge is 0.231 e. The summed E-state index contributed by atoms with van der Waals surface area (Å²) in [5.74, 6) is 0.329. The van der Waals surface area contributed by atoms with Crippen molar-refractivity contribution in [1.82, 2.24) is 4.98 Å². The normalized spacial score (nSPS) is 10.1. The van der Waals surface area contributed by atoms with Gasteiger partial charge in [0.2, 0.25) is 5.88 Å². The summed E-state index contributed by atoms with van der Waals surface area (Å²) in [5.41, 5.74) is 2.12. The van der Waals surface area contributed by atoms with E-state index in [1.54, 1.807) is 12.1 Å². The predicted octanol–water partition coefficient (Wildman–Crippen LogP) is 3.08. The van der Waals surface area contributed by atoms with E-state index < -0.39 is 0 Å². The van der Waals surface area contributed by atoms with E-state index in [1.807, 2.05) is 13.0 Å². The van der Waals surface area contributed by atoms with Crippen LogP contribution in [-0.2, 0) is 0 Å². The van der Waals surface area contributed by atoms with E-state index in [0.29, 0.717) is 16.5 Å². The van der Waals surface area contributed by atoms with Crippen LogP contribution in [0, 0.1) is 18.3 Å². The molecule has 80 valence electrons. The quantitative estimate of drug-likeness (QED) is 0.759. The molecule has 3 nitrogen and oxygen atoms in total. The first-order valence-electron chi connectivity index (χ1n) is 4.70. The number of aryl methyl sites for hydroxylation is 1. The molecular formula is C12H9ClN2O. The molecule has 0 aliphatic carbocycles. The molecule has 2 rings (SSSR count). The maximum absolute atomic E-state index is 8.94. The minimum absolute atomic E-state index is 0.329. The summed E-state index contributed by atoms with van der Waals surface area (Å²) < 4.78 is 5.04. The van der Waals surface area contributed by atoms with E-state index in [9.17, 15) is 0 Å². The van der Waals surface area contributed by atoms with Crippen molar-refractivity contribution in [2.45, 2.75) is 6.92 Å². The van der Waals surface area contributed by atoms with E-state index in [0.717, 1.165) is 16.5 Å². The van der Waals surface area contributed by atoms with Crippen molar-refractivity contribution in [2.75, 3.05) is 7.11 Å². The van der Waals surface area contributed by atoms with Gasteiger partial charge in [0.25, 0.3) is 0 Å². The zero-order valence-electron chi connectivity index (χ0n) is 8.91. The summed E-state index contributed by atoms with van der Waals surface area (Å²) in [6.45, 7) is 1.91. The highest BCUT2D eigenvalue weighted by Crippen LogP contribution is 2.26. The molecule has 1 heterocycles. The lowest BCUT2D eigenvalue weighted by Crippen LogP contribution is -1.93. The van der Waals surface area contributed by atoms with Crippen LogP contribution in [0.4, 0.5) is 0 Å².